The second-order valence-corrected chi connectivity index (χ2v) is 14.4. The van der Waals surface area contributed by atoms with E-state index in [4.69, 9.17) is 0 Å². The van der Waals surface area contributed by atoms with Gasteiger partial charge >= 0.3 is 0 Å². The Labute approximate surface area is 314 Å². The van der Waals surface area contributed by atoms with Crippen LogP contribution in [0.25, 0.3) is 109 Å². The zero-order valence-electron chi connectivity index (χ0n) is 29.6. The SMILES string of the molecule is c1cc(-c2ccc3ccccc3c2)cc(-c2ccc3c(c2)c2ccccc2c2cc(-c4cccc(-c5cccc6ccccc56)c4)c4ccccc4c32)c1. The fraction of sp³-hybridized carbons (Fsp3) is 0. The maximum atomic E-state index is 2.45. The molecular weight excluding hydrogens is 649 g/mol. The second kappa shape index (κ2) is 12.3. The molecule has 0 radical (unpaired) electrons. The molecule has 0 atom stereocenters. The van der Waals surface area contributed by atoms with Gasteiger partial charge in [0.2, 0.25) is 0 Å². The summed E-state index contributed by atoms with van der Waals surface area (Å²) in [5.41, 5.74) is 9.88. The van der Waals surface area contributed by atoms with Crippen molar-refractivity contribution in [3.63, 3.8) is 0 Å². The Kier molecular flexibility index (Phi) is 6.97. The zero-order chi connectivity index (χ0) is 35.6. The third kappa shape index (κ3) is 4.92. The predicted octanol–water partition coefficient (Wildman–Crippen LogP) is 15.3. The van der Waals surface area contributed by atoms with Gasteiger partial charge in [0.15, 0.2) is 0 Å². The average molecular weight is 683 g/mol. The summed E-state index contributed by atoms with van der Waals surface area (Å²) < 4.78 is 0. The van der Waals surface area contributed by atoms with Crippen LogP contribution in [0.2, 0.25) is 0 Å². The normalized spacial score (nSPS) is 11.7. The highest BCUT2D eigenvalue weighted by Gasteiger charge is 2.17. The van der Waals surface area contributed by atoms with Crippen LogP contribution in [-0.4, -0.2) is 0 Å². The number of benzene rings is 11. The van der Waals surface area contributed by atoms with Crippen LogP contribution in [0, 0.1) is 0 Å². The van der Waals surface area contributed by atoms with Gasteiger partial charge < -0.3 is 0 Å². The lowest BCUT2D eigenvalue weighted by atomic mass is 9.86. The van der Waals surface area contributed by atoms with E-state index in [0.717, 1.165) is 0 Å². The van der Waals surface area contributed by atoms with Gasteiger partial charge in [-0.15, -0.1) is 0 Å². The summed E-state index contributed by atoms with van der Waals surface area (Å²) in [5, 5.41) is 15.3. The first-order valence-electron chi connectivity index (χ1n) is 18.7. The smallest absolute Gasteiger partial charge is 0.00199 e. The largest absolute Gasteiger partial charge is 0.0616 e. The van der Waals surface area contributed by atoms with E-state index < -0.39 is 0 Å². The monoisotopic (exact) mass is 682 g/mol. The first-order chi connectivity index (χ1) is 26.8. The lowest BCUT2D eigenvalue weighted by Gasteiger charge is -2.17. The van der Waals surface area contributed by atoms with Crippen molar-refractivity contribution < 1.29 is 0 Å². The van der Waals surface area contributed by atoms with Crippen molar-refractivity contribution in [2.45, 2.75) is 0 Å². The lowest BCUT2D eigenvalue weighted by Crippen LogP contribution is -1.90. The van der Waals surface area contributed by atoms with Crippen LogP contribution in [0.1, 0.15) is 0 Å². The number of rotatable bonds is 4. The molecule has 0 saturated carbocycles. The molecule has 0 aliphatic rings. The van der Waals surface area contributed by atoms with E-state index in [9.17, 15) is 0 Å². The molecular formula is C54H34. The average Bonchev–Trinajstić information content (AvgIpc) is 3.25. The fourth-order valence-electron chi connectivity index (χ4n) is 8.81. The molecule has 0 saturated heterocycles. The predicted molar refractivity (Wildman–Crippen MR) is 233 cm³/mol. The van der Waals surface area contributed by atoms with E-state index in [-0.39, 0.29) is 0 Å². The summed E-state index contributed by atoms with van der Waals surface area (Å²) >= 11 is 0. The van der Waals surface area contributed by atoms with E-state index in [1.54, 1.807) is 0 Å². The Morgan fingerprint density at radius 3 is 1.48 bits per heavy atom. The molecule has 0 aliphatic heterocycles. The molecule has 0 heterocycles. The maximum Gasteiger partial charge on any atom is -0.00199 e. The first-order valence-corrected chi connectivity index (χ1v) is 18.7. The third-order valence-corrected chi connectivity index (χ3v) is 11.4. The molecule has 0 amide bonds. The Balaban J connectivity index is 1.11. The van der Waals surface area contributed by atoms with Gasteiger partial charge in [0.1, 0.15) is 0 Å². The summed E-state index contributed by atoms with van der Waals surface area (Å²) in [6.07, 6.45) is 0. The van der Waals surface area contributed by atoms with Crippen LogP contribution in [0.15, 0.2) is 206 Å². The number of hydrogen-bond acceptors (Lipinski definition) is 0. The van der Waals surface area contributed by atoms with Crippen molar-refractivity contribution in [3.8, 4) is 44.5 Å². The number of hydrogen-bond donors (Lipinski definition) is 0. The van der Waals surface area contributed by atoms with Crippen molar-refractivity contribution in [3.05, 3.63) is 206 Å². The first kappa shape index (κ1) is 30.6. The molecule has 0 bridgehead atoms. The Morgan fingerprint density at radius 2 is 0.685 bits per heavy atom. The van der Waals surface area contributed by atoms with Crippen LogP contribution in [-0.2, 0) is 0 Å². The van der Waals surface area contributed by atoms with E-state index in [0.29, 0.717) is 0 Å². The summed E-state index contributed by atoms with van der Waals surface area (Å²) in [6, 6.07) is 76.1. The standard InChI is InChI=1S/C54H34/c1-2-14-37-30-40(27-26-35(37)12-1)38-16-9-17-39(31-38)41-28-29-50-52(33-41)46-21-5-6-22-47(46)53-34-51(48-23-7-8-24-49(48)54(50)53)43-19-10-18-42(32-43)45-25-11-15-36-13-3-4-20-44(36)45/h1-34H. The minimum Gasteiger partial charge on any atom is -0.0616 e. The van der Waals surface area contributed by atoms with Gasteiger partial charge in [-0.1, -0.05) is 176 Å². The van der Waals surface area contributed by atoms with Crippen molar-refractivity contribution >= 4 is 64.6 Å². The third-order valence-electron chi connectivity index (χ3n) is 11.4. The van der Waals surface area contributed by atoms with Gasteiger partial charge in [-0.3, -0.25) is 0 Å². The van der Waals surface area contributed by atoms with Crippen molar-refractivity contribution in [1.82, 2.24) is 0 Å². The maximum absolute atomic E-state index is 2.45. The highest BCUT2D eigenvalue weighted by atomic mass is 14.2. The van der Waals surface area contributed by atoms with Gasteiger partial charge in [-0.2, -0.15) is 0 Å². The Bertz CT molecular complexity index is 3270. The van der Waals surface area contributed by atoms with Gasteiger partial charge in [-0.05, 0) is 139 Å². The highest BCUT2D eigenvalue weighted by Crippen LogP contribution is 2.44. The van der Waals surface area contributed by atoms with E-state index in [2.05, 4.69) is 206 Å². The topological polar surface area (TPSA) is 0 Å². The Hall–Kier alpha value is -7.02. The van der Waals surface area contributed by atoms with Crippen LogP contribution >= 0.6 is 0 Å². The van der Waals surface area contributed by atoms with E-state index >= 15 is 0 Å². The molecule has 0 nitrogen and oxygen atoms in total. The van der Waals surface area contributed by atoms with Gasteiger partial charge in [-0.25, -0.2) is 0 Å². The Morgan fingerprint density at radius 1 is 0.185 bits per heavy atom. The summed E-state index contributed by atoms with van der Waals surface area (Å²) in [7, 11) is 0. The van der Waals surface area contributed by atoms with Crippen LogP contribution in [0.3, 0.4) is 0 Å². The molecule has 54 heavy (non-hydrogen) atoms. The molecule has 0 heteroatoms. The molecule has 0 fully saturated rings. The highest BCUT2D eigenvalue weighted by molar-refractivity contribution is 6.33. The molecule has 250 valence electrons. The minimum absolute atomic E-state index is 1.22. The molecule has 0 aliphatic carbocycles. The molecule has 0 aromatic heterocycles. The fourth-order valence-corrected chi connectivity index (χ4v) is 8.81. The van der Waals surface area contributed by atoms with E-state index in [1.807, 2.05) is 0 Å². The molecule has 0 unspecified atom stereocenters. The minimum atomic E-state index is 1.22. The van der Waals surface area contributed by atoms with Crippen molar-refractivity contribution in [1.29, 1.82) is 0 Å². The molecule has 11 aromatic rings. The summed E-state index contributed by atoms with van der Waals surface area (Å²) in [6.45, 7) is 0. The number of fused-ring (bicyclic) bond motifs is 10. The van der Waals surface area contributed by atoms with E-state index in [1.165, 1.54) is 109 Å². The van der Waals surface area contributed by atoms with Gasteiger partial charge in [0, 0.05) is 0 Å². The van der Waals surface area contributed by atoms with Crippen molar-refractivity contribution in [2.75, 3.05) is 0 Å². The van der Waals surface area contributed by atoms with Crippen LogP contribution in [0.5, 0.6) is 0 Å². The quantitative estimate of drug-likeness (QED) is 0.162. The van der Waals surface area contributed by atoms with Crippen LogP contribution < -0.4 is 0 Å². The molecule has 11 rings (SSSR count). The second-order valence-electron chi connectivity index (χ2n) is 14.4. The zero-order valence-corrected chi connectivity index (χ0v) is 29.6. The molecule has 11 aromatic carbocycles. The molecule has 0 spiro atoms. The summed E-state index contributed by atoms with van der Waals surface area (Å²) in [4.78, 5) is 0. The van der Waals surface area contributed by atoms with Crippen LogP contribution in [0.4, 0.5) is 0 Å². The van der Waals surface area contributed by atoms with Gasteiger partial charge in [0.25, 0.3) is 0 Å². The van der Waals surface area contributed by atoms with Crippen molar-refractivity contribution in [2.24, 2.45) is 0 Å². The lowest BCUT2D eigenvalue weighted by molar-refractivity contribution is 1.62. The summed E-state index contributed by atoms with van der Waals surface area (Å²) in [5.74, 6) is 0. The molecule has 0 N–H and O–H groups in total. The van der Waals surface area contributed by atoms with Gasteiger partial charge in [0.05, 0.1) is 0 Å².